The molecule has 0 fully saturated rings. The summed E-state index contributed by atoms with van der Waals surface area (Å²) in [5.41, 5.74) is 8.98. The highest BCUT2D eigenvalue weighted by molar-refractivity contribution is 5.87. The van der Waals surface area contributed by atoms with E-state index in [1.807, 2.05) is 12.4 Å². The Labute approximate surface area is 275 Å². The van der Waals surface area contributed by atoms with Gasteiger partial charge in [-0.15, -0.1) is 0 Å². The first-order valence-electron chi connectivity index (χ1n) is 17.2. The monoisotopic (exact) mass is 617 g/mol. The van der Waals surface area contributed by atoms with Crippen molar-refractivity contribution in [3.05, 3.63) is 88.0 Å². The van der Waals surface area contributed by atoms with E-state index >= 15 is 0 Å². The first-order valence-corrected chi connectivity index (χ1v) is 17.2. The molecule has 242 valence electrons. The minimum absolute atomic E-state index is 0.246. The van der Waals surface area contributed by atoms with Crippen LogP contribution in [-0.4, -0.2) is 35.6 Å². The van der Waals surface area contributed by atoms with Crippen molar-refractivity contribution in [2.45, 2.75) is 130 Å². The van der Waals surface area contributed by atoms with Gasteiger partial charge in [0, 0.05) is 57.6 Å². The fourth-order valence-electron chi connectivity index (χ4n) is 6.91. The van der Waals surface area contributed by atoms with E-state index in [1.165, 1.54) is 21.9 Å². The van der Waals surface area contributed by atoms with Crippen molar-refractivity contribution in [1.29, 1.82) is 0 Å². The van der Waals surface area contributed by atoms with Gasteiger partial charge in [-0.05, 0) is 68.6 Å². The van der Waals surface area contributed by atoms with Crippen molar-refractivity contribution >= 4 is 21.5 Å². The number of hydrogen-bond donors (Lipinski definition) is 0. The Bertz CT molecular complexity index is 1810. The lowest BCUT2D eigenvalue weighted by Gasteiger charge is -2.21. The Kier molecular flexibility index (Phi) is 10.4. The van der Waals surface area contributed by atoms with E-state index in [9.17, 15) is 0 Å². The lowest BCUT2D eigenvalue weighted by atomic mass is 9.88. The van der Waals surface area contributed by atoms with Crippen molar-refractivity contribution < 1.29 is 0 Å². The Morgan fingerprint density at radius 2 is 0.804 bits per heavy atom. The van der Waals surface area contributed by atoms with E-state index < -0.39 is 0 Å². The van der Waals surface area contributed by atoms with E-state index in [0.717, 1.165) is 70.6 Å². The molecule has 0 radical (unpaired) electrons. The summed E-state index contributed by atoms with van der Waals surface area (Å²) in [5.74, 6) is 1.80. The van der Waals surface area contributed by atoms with Crippen LogP contribution in [-0.2, 0) is 0 Å². The van der Waals surface area contributed by atoms with Crippen LogP contribution in [0.2, 0.25) is 0 Å². The highest BCUT2D eigenvalue weighted by Crippen LogP contribution is 2.36. The molecule has 4 unspecified atom stereocenters. The zero-order valence-electron chi connectivity index (χ0n) is 29.5. The van der Waals surface area contributed by atoms with Gasteiger partial charge in [-0.2, -0.15) is 30.6 Å². The van der Waals surface area contributed by atoms with Crippen molar-refractivity contribution in [2.75, 3.05) is 0 Å². The van der Waals surface area contributed by atoms with Crippen molar-refractivity contribution in [1.82, 2.24) is 35.6 Å². The lowest BCUT2D eigenvalue weighted by molar-refractivity contribution is 0.539. The maximum Gasteiger partial charge on any atom is 0.0753 e. The standard InChI is InChI=1S/C39H51N7/c1-22(2)34-28(9)29(10)36(43-41-34)24(5)15-16-27(8)39-33-21-40-20-19-32(33)38(45-46-39)26(7)18-17-25(6)37-31-14-12-11-13-30(31)35(23(3)4)42-44-37/h11-14,19-27H,15-18H2,1-10H3. The van der Waals surface area contributed by atoms with E-state index in [-0.39, 0.29) is 17.8 Å². The molecule has 4 aromatic heterocycles. The molecule has 0 saturated heterocycles. The molecular weight excluding hydrogens is 566 g/mol. The van der Waals surface area contributed by atoms with Gasteiger partial charge < -0.3 is 0 Å². The molecule has 0 aliphatic rings. The van der Waals surface area contributed by atoms with E-state index in [1.54, 1.807) is 0 Å². The second kappa shape index (κ2) is 14.3. The van der Waals surface area contributed by atoms with Gasteiger partial charge in [0.25, 0.3) is 0 Å². The molecule has 7 heteroatoms. The molecule has 5 rings (SSSR count). The second-order valence-corrected chi connectivity index (χ2v) is 14.2. The summed E-state index contributed by atoms with van der Waals surface area (Å²) in [5, 5.41) is 33.1. The van der Waals surface area contributed by atoms with E-state index in [4.69, 9.17) is 15.3 Å². The largest absolute Gasteiger partial charge is 0.264 e. The summed E-state index contributed by atoms with van der Waals surface area (Å²) in [7, 11) is 0. The van der Waals surface area contributed by atoms with Crippen molar-refractivity contribution in [2.24, 2.45) is 0 Å². The van der Waals surface area contributed by atoms with Crippen LogP contribution in [0.1, 0.15) is 162 Å². The average Bonchev–Trinajstić information content (AvgIpc) is 3.05. The van der Waals surface area contributed by atoms with Crippen LogP contribution in [0.25, 0.3) is 21.5 Å². The van der Waals surface area contributed by atoms with Gasteiger partial charge in [-0.1, -0.05) is 79.7 Å². The lowest BCUT2D eigenvalue weighted by Crippen LogP contribution is -2.11. The zero-order valence-corrected chi connectivity index (χ0v) is 29.5. The fraction of sp³-hybridized carbons (Fsp3) is 0.513. The van der Waals surface area contributed by atoms with Gasteiger partial charge in [0.2, 0.25) is 0 Å². The number of aromatic nitrogens is 7. The Hall–Kier alpha value is -3.87. The van der Waals surface area contributed by atoms with Crippen LogP contribution >= 0.6 is 0 Å². The SMILES string of the molecule is Cc1c(C(C)C)nnc(C(C)CCC(C)c2nnc(C(C)CCC(C)c3nnc(C(C)C)c4ccccc34)c3ccncc23)c1C. The summed E-state index contributed by atoms with van der Waals surface area (Å²) in [6.07, 6.45) is 7.82. The Morgan fingerprint density at radius 3 is 1.33 bits per heavy atom. The van der Waals surface area contributed by atoms with Gasteiger partial charge in [0.05, 0.1) is 34.2 Å². The van der Waals surface area contributed by atoms with E-state index in [0.29, 0.717) is 17.8 Å². The average molecular weight is 618 g/mol. The molecule has 0 bridgehead atoms. The number of benzene rings is 1. The van der Waals surface area contributed by atoms with Crippen LogP contribution in [0.5, 0.6) is 0 Å². The minimum atomic E-state index is 0.246. The first kappa shape index (κ1) is 33.5. The quantitative estimate of drug-likeness (QED) is 0.138. The zero-order chi connectivity index (χ0) is 33.1. The highest BCUT2D eigenvalue weighted by atomic mass is 15.1. The molecule has 1 aromatic carbocycles. The Morgan fingerprint density at radius 1 is 0.435 bits per heavy atom. The summed E-state index contributed by atoms with van der Waals surface area (Å²) in [6, 6.07) is 10.7. The predicted octanol–water partition coefficient (Wildman–Crippen LogP) is 10.00. The summed E-state index contributed by atoms with van der Waals surface area (Å²) < 4.78 is 0. The summed E-state index contributed by atoms with van der Waals surface area (Å²) in [6.45, 7) is 22.1. The van der Waals surface area contributed by atoms with Crippen LogP contribution in [0.4, 0.5) is 0 Å². The normalized spacial score (nSPS) is 14.7. The molecule has 7 nitrogen and oxygen atoms in total. The summed E-state index contributed by atoms with van der Waals surface area (Å²) in [4.78, 5) is 4.50. The van der Waals surface area contributed by atoms with Gasteiger partial charge in [0.15, 0.2) is 0 Å². The topological polar surface area (TPSA) is 90.2 Å². The molecule has 4 heterocycles. The van der Waals surface area contributed by atoms with Gasteiger partial charge in [0.1, 0.15) is 0 Å². The second-order valence-electron chi connectivity index (χ2n) is 14.2. The molecule has 0 aliphatic carbocycles. The summed E-state index contributed by atoms with van der Waals surface area (Å²) >= 11 is 0. The molecular formula is C39H51N7. The Balaban J connectivity index is 1.30. The molecule has 5 aromatic rings. The third-order valence-corrected chi connectivity index (χ3v) is 10.0. The molecule has 0 N–H and O–H groups in total. The number of pyridine rings is 1. The molecule has 46 heavy (non-hydrogen) atoms. The third kappa shape index (κ3) is 6.79. The third-order valence-electron chi connectivity index (χ3n) is 10.0. The van der Waals surface area contributed by atoms with Crippen LogP contribution < -0.4 is 0 Å². The number of rotatable bonds is 12. The number of nitrogens with zero attached hydrogens (tertiary/aromatic N) is 7. The molecule has 0 amide bonds. The van der Waals surface area contributed by atoms with Crippen LogP contribution in [0, 0.1) is 13.8 Å². The van der Waals surface area contributed by atoms with Gasteiger partial charge in [-0.25, -0.2) is 0 Å². The smallest absolute Gasteiger partial charge is 0.0753 e. The minimum Gasteiger partial charge on any atom is -0.264 e. The van der Waals surface area contributed by atoms with Crippen molar-refractivity contribution in [3.8, 4) is 0 Å². The molecule has 0 spiro atoms. The first-order chi connectivity index (χ1) is 22.0. The van der Waals surface area contributed by atoms with Gasteiger partial charge in [-0.3, -0.25) is 4.98 Å². The van der Waals surface area contributed by atoms with Gasteiger partial charge >= 0.3 is 0 Å². The van der Waals surface area contributed by atoms with Crippen molar-refractivity contribution in [3.63, 3.8) is 0 Å². The van der Waals surface area contributed by atoms with Crippen LogP contribution in [0.3, 0.4) is 0 Å². The predicted molar refractivity (Wildman–Crippen MR) is 189 cm³/mol. The fourth-order valence-corrected chi connectivity index (χ4v) is 6.91. The maximum atomic E-state index is 4.87. The molecule has 4 atom stereocenters. The van der Waals surface area contributed by atoms with E-state index in [2.05, 4.69) is 120 Å². The van der Waals surface area contributed by atoms with Crippen LogP contribution in [0.15, 0.2) is 42.7 Å². The molecule has 0 aliphatic heterocycles. The number of hydrogen-bond acceptors (Lipinski definition) is 7. The highest BCUT2D eigenvalue weighted by Gasteiger charge is 2.23. The maximum absolute atomic E-state index is 4.87. The molecule has 0 saturated carbocycles. The number of fused-ring (bicyclic) bond motifs is 2.